The Hall–Kier alpha value is -3.21. The number of carbonyl (C=O) groups is 2. The second kappa shape index (κ2) is 9.65. The zero-order valence-corrected chi connectivity index (χ0v) is 16.7. The largest absolute Gasteiger partial charge is 0.493 e. The molecule has 1 N–H and O–H groups in total. The third-order valence-electron chi connectivity index (χ3n) is 4.75. The number of piperazine rings is 1. The molecular weight excluding hydrogens is 360 g/mol. The van der Waals surface area contributed by atoms with Gasteiger partial charge < -0.3 is 24.6 Å². The predicted molar refractivity (Wildman–Crippen MR) is 104 cm³/mol. The van der Waals surface area contributed by atoms with Crippen molar-refractivity contribution in [3.8, 4) is 17.6 Å². The van der Waals surface area contributed by atoms with Crippen LogP contribution in [0.5, 0.6) is 11.5 Å². The van der Waals surface area contributed by atoms with Gasteiger partial charge in [-0.2, -0.15) is 5.26 Å². The Balaban J connectivity index is 2.03. The lowest BCUT2D eigenvalue weighted by Gasteiger charge is -2.34. The zero-order chi connectivity index (χ0) is 20.7. The molecule has 1 aliphatic rings. The van der Waals surface area contributed by atoms with Crippen molar-refractivity contribution in [2.24, 2.45) is 0 Å². The van der Waals surface area contributed by atoms with Crippen LogP contribution in [0.25, 0.3) is 0 Å². The lowest BCUT2D eigenvalue weighted by atomic mass is 10.1. The van der Waals surface area contributed by atoms with Gasteiger partial charge in [0.2, 0.25) is 5.91 Å². The minimum atomic E-state index is -0.335. The normalized spacial score (nSPS) is 15.5. The Bertz CT molecular complexity index is 792. The lowest BCUT2D eigenvalue weighted by Crippen LogP contribution is -2.50. The molecule has 8 heteroatoms. The molecule has 0 radical (unpaired) electrons. The quantitative estimate of drug-likeness (QED) is 0.587. The first-order valence-corrected chi connectivity index (χ1v) is 9.04. The maximum absolute atomic E-state index is 12.6. The number of ether oxygens (including phenoxy) is 2. The van der Waals surface area contributed by atoms with Gasteiger partial charge in [-0.15, -0.1) is 0 Å². The van der Waals surface area contributed by atoms with Crippen molar-refractivity contribution < 1.29 is 19.1 Å². The van der Waals surface area contributed by atoms with Crippen molar-refractivity contribution in [1.82, 2.24) is 15.1 Å². The number of benzene rings is 1. The molecule has 1 aliphatic heterocycles. The van der Waals surface area contributed by atoms with Crippen molar-refractivity contribution in [2.45, 2.75) is 19.9 Å². The van der Waals surface area contributed by atoms with Crippen molar-refractivity contribution in [3.63, 3.8) is 0 Å². The van der Waals surface area contributed by atoms with Gasteiger partial charge in [0.1, 0.15) is 11.6 Å². The van der Waals surface area contributed by atoms with Gasteiger partial charge in [0, 0.05) is 45.3 Å². The Morgan fingerprint density at radius 3 is 2.29 bits per heavy atom. The highest BCUT2D eigenvalue weighted by Gasteiger charge is 2.24. The Labute approximate surface area is 165 Å². The van der Waals surface area contributed by atoms with Crippen molar-refractivity contribution in [3.05, 3.63) is 35.5 Å². The van der Waals surface area contributed by atoms with E-state index in [0.29, 0.717) is 37.7 Å². The van der Waals surface area contributed by atoms with E-state index in [1.54, 1.807) is 30.1 Å². The molecule has 1 unspecified atom stereocenters. The van der Waals surface area contributed by atoms with Gasteiger partial charge in [-0.1, -0.05) is 6.07 Å². The van der Waals surface area contributed by atoms with Gasteiger partial charge in [-0.25, -0.2) is 0 Å². The van der Waals surface area contributed by atoms with Crippen LogP contribution in [-0.2, 0) is 9.59 Å². The molecule has 0 aliphatic carbocycles. The molecule has 150 valence electrons. The van der Waals surface area contributed by atoms with Gasteiger partial charge in [-0.3, -0.25) is 9.59 Å². The average molecular weight is 386 g/mol. The molecule has 1 aromatic carbocycles. The van der Waals surface area contributed by atoms with Crippen LogP contribution in [0.15, 0.2) is 30.0 Å². The first kappa shape index (κ1) is 21.1. The second-order valence-electron chi connectivity index (χ2n) is 6.47. The molecule has 0 saturated carbocycles. The highest BCUT2D eigenvalue weighted by atomic mass is 16.5. The summed E-state index contributed by atoms with van der Waals surface area (Å²) in [5, 5.41) is 12.5. The second-order valence-corrected chi connectivity index (χ2v) is 6.47. The molecular formula is C20H26N4O4. The molecule has 28 heavy (non-hydrogen) atoms. The van der Waals surface area contributed by atoms with Crippen LogP contribution in [0.1, 0.15) is 25.5 Å². The van der Waals surface area contributed by atoms with Crippen LogP contribution in [-0.4, -0.2) is 62.0 Å². The summed E-state index contributed by atoms with van der Waals surface area (Å²) in [6.07, 6.45) is 1.45. The first-order valence-electron chi connectivity index (χ1n) is 9.04. The van der Waals surface area contributed by atoms with Crippen LogP contribution < -0.4 is 14.8 Å². The van der Waals surface area contributed by atoms with Gasteiger partial charge in [0.05, 0.1) is 14.2 Å². The zero-order valence-electron chi connectivity index (χ0n) is 16.7. The maximum Gasteiger partial charge on any atom is 0.266 e. The van der Waals surface area contributed by atoms with Gasteiger partial charge in [-0.05, 0) is 24.6 Å². The molecule has 2 rings (SSSR count). The Morgan fingerprint density at radius 2 is 1.75 bits per heavy atom. The number of hydrogen-bond acceptors (Lipinski definition) is 6. The average Bonchev–Trinajstić information content (AvgIpc) is 2.73. The van der Waals surface area contributed by atoms with Crippen LogP contribution in [0.4, 0.5) is 0 Å². The number of rotatable bonds is 6. The summed E-state index contributed by atoms with van der Waals surface area (Å²) in [5.41, 5.74) is 0.956. The smallest absolute Gasteiger partial charge is 0.266 e. The monoisotopic (exact) mass is 386 g/mol. The molecule has 0 aromatic heterocycles. The number of amides is 2. The number of carbonyl (C=O) groups excluding carboxylic acids is 2. The molecule has 8 nitrogen and oxygen atoms in total. The third-order valence-corrected chi connectivity index (χ3v) is 4.75. The molecule has 1 aromatic rings. The van der Waals surface area contributed by atoms with Crippen molar-refractivity contribution >= 4 is 11.8 Å². The third kappa shape index (κ3) is 4.94. The number of nitriles is 1. The number of methoxy groups -OCH3 is 2. The fourth-order valence-corrected chi connectivity index (χ4v) is 2.96. The summed E-state index contributed by atoms with van der Waals surface area (Å²) >= 11 is 0. The molecule has 1 saturated heterocycles. The number of hydrogen-bond donors (Lipinski definition) is 1. The van der Waals surface area contributed by atoms with E-state index < -0.39 is 0 Å². The van der Waals surface area contributed by atoms with E-state index in [4.69, 9.17) is 9.47 Å². The summed E-state index contributed by atoms with van der Waals surface area (Å²) in [6, 6.07) is 7.36. The number of nitrogens with zero attached hydrogens (tertiary/aromatic N) is 3. The molecule has 1 fully saturated rings. The predicted octanol–water partition coefficient (Wildman–Crippen LogP) is 1.45. The summed E-state index contributed by atoms with van der Waals surface area (Å²) < 4.78 is 10.5. The van der Waals surface area contributed by atoms with Crippen LogP contribution in [0, 0.1) is 11.3 Å². The van der Waals surface area contributed by atoms with Crippen LogP contribution in [0.2, 0.25) is 0 Å². The highest BCUT2D eigenvalue weighted by molar-refractivity contribution is 5.97. The minimum Gasteiger partial charge on any atom is -0.493 e. The maximum atomic E-state index is 12.6. The topological polar surface area (TPSA) is 94.9 Å². The van der Waals surface area contributed by atoms with Crippen LogP contribution in [0.3, 0.4) is 0 Å². The van der Waals surface area contributed by atoms with E-state index in [9.17, 15) is 14.9 Å². The standard InChI is InChI=1S/C20H26N4O4/c1-14(16-5-6-18(27-3)19(11-16)28-4)22-13-17(12-21)20(26)24-9-7-23(8-10-24)15(2)25/h5-6,11,13-14,22H,7-10H2,1-4H3/b17-13-. The van der Waals surface area contributed by atoms with E-state index in [1.165, 1.54) is 13.1 Å². The summed E-state index contributed by atoms with van der Waals surface area (Å²) in [5.74, 6) is 0.899. The highest BCUT2D eigenvalue weighted by Crippen LogP contribution is 2.29. The minimum absolute atomic E-state index is 0.00596. The Morgan fingerprint density at radius 1 is 1.14 bits per heavy atom. The summed E-state index contributed by atoms with van der Waals surface area (Å²) in [7, 11) is 3.14. The molecule has 0 bridgehead atoms. The molecule has 1 atom stereocenters. The van der Waals surface area contributed by atoms with E-state index >= 15 is 0 Å². The van der Waals surface area contributed by atoms with Gasteiger partial charge in [0.25, 0.3) is 5.91 Å². The fourth-order valence-electron chi connectivity index (χ4n) is 2.96. The number of nitrogens with one attached hydrogen (secondary N) is 1. The molecule has 1 heterocycles. The molecule has 2 amide bonds. The SMILES string of the molecule is COc1ccc(C(C)N/C=C(/C#N)C(=O)N2CCN(C(C)=O)CC2)cc1OC. The van der Waals surface area contributed by atoms with Gasteiger partial charge in [0.15, 0.2) is 11.5 Å². The van der Waals surface area contributed by atoms with Crippen molar-refractivity contribution in [1.29, 1.82) is 5.26 Å². The molecule has 0 spiro atoms. The van der Waals surface area contributed by atoms with E-state index in [0.717, 1.165) is 5.56 Å². The fraction of sp³-hybridized carbons (Fsp3) is 0.450. The van der Waals surface area contributed by atoms with Gasteiger partial charge >= 0.3 is 0 Å². The van der Waals surface area contributed by atoms with E-state index in [-0.39, 0.29) is 23.4 Å². The summed E-state index contributed by atoms with van der Waals surface area (Å²) in [6.45, 7) is 5.23. The van der Waals surface area contributed by atoms with Crippen LogP contribution >= 0.6 is 0 Å². The van der Waals surface area contributed by atoms with E-state index in [2.05, 4.69) is 5.32 Å². The van der Waals surface area contributed by atoms with Crippen molar-refractivity contribution in [2.75, 3.05) is 40.4 Å². The first-order chi connectivity index (χ1) is 13.4. The summed E-state index contributed by atoms with van der Waals surface area (Å²) in [4.78, 5) is 27.3. The lowest BCUT2D eigenvalue weighted by molar-refractivity contribution is -0.136. The Kier molecular flexibility index (Phi) is 7.27. The van der Waals surface area contributed by atoms with E-state index in [1.807, 2.05) is 25.1 Å².